The molecule has 0 spiro atoms. The molecule has 108 valence electrons. The largest absolute Gasteiger partial charge is 0.365 e. The van der Waals surface area contributed by atoms with Gasteiger partial charge in [0.1, 0.15) is 10.6 Å². The van der Waals surface area contributed by atoms with Crippen LogP contribution in [-0.4, -0.2) is 40.5 Å². The molecular formula is C13H20N6S. The number of piperidine rings is 1. The third-order valence-corrected chi connectivity index (χ3v) is 4.55. The zero-order valence-corrected chi connectivity index (χ0v) is 12.4. The molecule has 3 heterocycles. The van der Waals surface area contributed by atoms with Crippen molar-refractivity contribution < 1.29 is 0 Å². The number of aromatic nitrogens is 2. The molecule has 3 rings (SSSR count). The lowest BCUT2D eigenvalue weighted by molar-refractivity contribution is 0.226. The lowest BCUT2D eigenvalue weighted by atomic mass is 10.1. The van der Waals surface area contributed by atoms with Crippen LogP contribution in [0, 0.1) is 0 Å². The summed E-state index contributed by atoms with van der Waals surface area (Å²) >= 11 is 1.60. The Kier molecular flexibility index (Phi) is 4.00. The minimum Gasteiger partial charge on any atom is -0.365 e. The van der Waals surface area contributed by atoms with Crippen molar-refractivity contribution in [1.82, 2.24) is 14.9 Å². The molecule has 6 nitrogen and oxygen atoms in total. The Morgan fingerprint density at radius 1 is 1.50 bits per heavy atom. The number of hydrogen-bond acceptors (Lipinski definition) is 7. The molecule has 2 aromatic rings. The zero-order chi connectivity index (χ0) is 13.9. The van der Waals surface area contributed by atoms with Gasteiger partial charge in [0.2, 0.25) is 5.95 Å². The third-order valence-electron chi connectivity index (χ3n) is 3.75. The molecule has 1 atom stereocenters. The van der Waals surface area contributed by atoms with E-state index < -0.39 is 0 Å². The predicted octanol–water partition coefficient (Wildman–Crippen LogP) is 1.87. The average Bonchev–Trinajstić information content (AvgIpc) is 2.96. The molecule has 1 fully saturated rings. The predicted molar refractivity (Wildman–Crippen MR) is 84.0 cm³/mol. The van der Waals surface area contributed by atoms with Crippen LogP contribution in [0.1, 0.15) is 19.8 Å². The molecule has 7 heteroatoms. The van der Waals surface area contributed by atoms with Crippen LogP contribution in [-0.2, 0) is 0 Å². The van der Waals surface area contributed by atoms with Gasteiger partial charge in [0.25, 0.3) is 0 Å². The SMILES string of the molecule is CCN1CCCC(Nc2nc(NN)nc3sccc23)C1. The molecule has 0 radical (unpaired) electrons. The van der Waals surface area contributed by atoms with E-state index in [2.05, 4.69) is 38.6 Å². The fourth-order valence-corrected chi connectivity index (χ4v) is 3.45. The summed E-state index contributed by atoms with van der Waals surface area (Å²) in [6.07, 6.45) is 2.41. The molecule has 0 aliphatic carbocycles. The number of fused-ring (bicyclic) bond motifs is 1. The molecular weight excluding hydrogens is 272 g/mol. The Bertz CT molecular complexity index is 583. The number of thiophene rings is 1. The molecule has 1 aliphatic rings. The summed E-state index contributed by atoms with van der Waals surface area (Å²) in [5.41, 5.74) is 2.54. The van der Waals surface area contributed by atoms with Crippen molar-refractivity contribution in [1.29, 1.82) is 0 Å². The molecule has 2 aromatic heterocycles. The highest BCUT2D eigenvalue weighted by Crippen LogP contribution is 2.27. The van der Waals surface area contributed by atoms with E-state index >= 15 is 0 Å². The topological polar surface area (TPSA) is 79.1 Å². The van der Waals surface area contributed by atoms with E-state index in [0.29, 0.717) is 12.0 Å². The normalized spacial score (nSPS) is 20.2. The van der Waals surface area contributed by atoms with Gasteiger partial charge in [0.15, 0.2) is 0 Å². The first-order valence-electron chi connectivity index (χ1n) is 7.01. The van der Waals surface area contributed by atoms with E-state index in [-0.39, 0.29) is 0 Å². The summed E-state index contributed by atoms with van der Waals surface area (Å²) in [5.74, 6) is 6.79. The summed E-state index contributed by atoms with van der Waals surface area (Å²) < 4.78 is 0. The summed E-state index contributed by atoms with van der Waals surface area (Å²) in [5, 5.41) is 6.67. The van der Waals surface area contributed by atoms with E-state index in [1.54, 1.807) is 11.3 Å². The maximum absolute atomic E-state index is 5.45. The quantitative estimate of drug-likeness (QED) is 0.590. The molecule has 4 N–H and O–H groups in total. The minimum absolute atomic E-state index is 0.437. The number of nitrogens with one attached hydrogen (secondary N) is 2. The van der Waals surface area contributed by atoms with Gasteiger partial charge in [-0.2, -0.15) is 4.98 Å². The smallest absolute Gasteiger partial charge is 0.240 e. The maximum atomic E-state index is 5.45. The highest BCUT2D eigenvalue weighted by atomic mass is 32.1. The Hall–Kier alpha value is -1.44. The van der Waals surface area contributed by atoms with Gasteiger partial charge in [-0.1, -0.05) is 6.92 Å². The van der Waals surface area contributed by atoms with Gasteiger partial charge < -0.3 is 10.2 Å². The van der Waals surface area contributed by atoms with Gasteiger partial charge in [0.05, 0.1) is 5.39 Å². The van der Waals surface area contributed by atoms with Gasteiger partial charge in [0, 0.05) is 12.6 Å². The van der Waals surface area contributed by atoms with Crippen LogP contribution in [0.25, 0.3) is 10.2 Å². The van der Waals surface area contributed by atoms with Gasteiger partial charge in [-0.3, -0.25) is 5.43 Å². The van der Waals surface area contributed by atoms with Crippen molar-refractivity contribution in [2.24, 2.45) is 5.84 Å². The van der Waals surface area contributed by atoms with Crippen molar-refractivity contribution >= 4 is 33.3 Å². The molecule has 20 heavy (non-hydrogen) atoms. The van der Waals surface area contributed by atoms with Gasteiger partial charge in [-0.15, -0.1) is 11.3 Å². The second kappa shape index (κ2) is 5.90. The first-order valence-corrected chi connectivity index (χ1v) is 7.89. The van der Waals surface area contributed by atoms with Crippen molar-refractivity contribution in [2.45, 2.75) is 25.8 Å². The second-order valence-electron chi connectivity index (χ2n) is 5.06. The van der Waals surface area contributed by atoms with Crippen LogP contribution < -0.4 is 16.6 Å². The number of anilines is 2. The standard InChI is InChI=1S/C13H20N6S/c1-2-19-6-3-4-9(8-19)15-11-10-5-7-20-12(10)17-13(16-11)18-14/h5,7,9H,2-4,6,8,14H2,1H3,(H2,15,16,17,18). The van der Waals surface area contributed by atoms with Crippen LogP contribution in [0.3, 0.4) is 0 Å². The van der Waals surface area contributed by atoms with Gasteiger partial charge >= 0.3 is 0 Å². The number of likely N-dealkylation sites (N-methyl/N-ethyl adjacent to an activating group) is 1. The highest BCUT2D eigenvalue weighted by Gasteiger charge is 2.20. The number of hydrogen-bond donors (Lipinski definition) is 3. The second-order valence-corrected chi connectivity index (χ2v) is 5.95. The molecule has 1 unspecified atom stereocenters. The monoisotopic (exact) mass is 292 g/mol. The Morgan fingerprint density at radius 2 is 2.40 bits per heavy atom. The Morgan fingerprint density at radius 3 is 3.20 bits per heavy atom. The van der Waals surface area contributed by atoms with E-state index in [1.165, 1.54) is 19.4 Å². The van der Waals surface area contributed by atoms with Crippen LogP contribution in [0.4, 0.5) is 11.8 Å². The Labute approximate surface area is 122 Å². The first kappa shape index (κ1) is 13.5. The van der Waals surface area contributed by atoms with Crippen molar-refractivity contribution in [2.75, 3.05) is 30.4 Å². The number of likely N-dealkylation sites (tertiary alicyclic amines) is 1. The number of nitrogens with zero attached hydrogens (tertiary/aromatic N) is 3. The van der Waals surface area contributed by atoms with Crippen molar-refractivity contribution in [3.05, 3.63) is 11.4 Å². The highest BCUT2D eigenvalue weighted by molar-refractivity contribution is 7.16. The zero-order valence-electron chi connectivity index (χ0n) is 11.6. The minimum atomic E-state index is 0.437. The van der Waals surface area contributed by atoms with Crippen LogP contribution in [0.5, 0.6) is 0 Å². The molecule has 1 saturated heterocycles. The summed E-state index contributed by atoms with van der Waals surface area (Å²) in [6.45, 7) is 5.57. The summed E-state index contributed by atoms with van der Waals surface area (Å²) in [4.78, 5) is 12.3. The lowest BCUT2D eigenvalue weighted by Gasteiger charge is -2.32. The number of nitrogen functional groups attached to an aromatic ring is 1. The molecule has 1 aliphatic heterocycles. The maximum Gasteiger partial charge on any atom is 0.240 e. The molecule has 0 saturated carbocycles. The van der Waals surface area contributed by atoms with Crippen molar-refractivity contribution in [3.63, 3.8) is 0 Å². The fraction of sp³-hybridized carbons (Fsp3) is 0.538. The number of hydrazine groups is 1. The van der Waals surface area contributed by atoms with Crippen LogP contribution in [0.15, 0.2) is 11.4 Å². The summed E-state index contributed by atoms with van der Waals surface area (Å²) in [7, 11) is 0. The first-order chi connectivity index (χ1) is 9.80. The summed E-state index contributed by atoms with van der Waals surface area (Å²) in [6, 6.07) is 2.50. The van der Waals surface area contributed by atoms with E-state index in [4.69, 9.17) is 5.84 Å². The van der Waals surface area contributed by atoms with Gasteiger partial charge in [-0.05, 0) is 37.4 Å². The average molecular weight is 292 g/mol. The third kappa shape index (κ3) is 2.70. The van der Waals surface area contributed by atoms with Gasteiger partial charge in [-0.25, -0.2) is 10.8 Å². The van der Waals surface area contributed by atoms with Crippen LogP contribution >= 0.6 is 11.3 Å². The van der Waals surface area contributed by atoms with E-state index in [9.17, 15) is 0 Å². The molecule has 0 bridgehead atoms. The Balaban J connectivity index is 1.84. The lowest BCUT2D eigenvalue weighted by Crippen LogP contribution is -2.42. The van der Waals surface area contributed by atoms with Crippen molar-refractivity contribution in [3.8, 4) is 0 Å². The fourth-order valence-electron chi connectivity index (χ4n) is 2.68. The van der Waals surface area contributed by atoms with E-state index in [0.717, 1.165) is 29.1 Å². The van der Waals surface area contributed by atoms with E-state index in [1.807, 2.05) is 5.38 Å². The number of rotatable bonds is 4. The number of nitrogens with two attached hydrogens (primary N) is 1. The molecule has 0 amide bonds. The molecule has 0 aromatic carbocycles. The van der Waals surface area contributed by atoms with Crippen LogP contribution in [0.2, 0.25) is 0 Å².